The summed E-state index contributed by atoms with van der Waals surface area (Å²) < 4.78 is 17.5. The molecule has 31 heavy (non-hydrogen) atoms. The molecule has 0 bridgehead atoms. The van der Waals surface area contributed by atoms with Gasteiger partial charge in [0.25, 0.3) is 5.56 Å². The lowest BCUT2D eigenvalue weighted by atomic mass is 10.2. The molecule has 0 spiro atoms. The van der Waals surface area contributed by atoms with Crippen LogP contribution in [0.2, 0.25) is 0 Å². The molecule has 0 aliphatic carbocycles. The highest BCUT2D eigenvalue weighted by atomic mass is 32.9. The molecule has 4 rings (SSSR count). The maximum absolute atomic E-state index is 13.2. The van der Waals surface area contributed by atoms with Crippen LogP contribution in [-0.4, -0.2) is 31.5 Å². The van der Waals surface area contributed by atoms with Gasteiger partial charge in [-0.15, -0.1) is 0 Å². The number of nitrogens with zero attached hydrogens (tertiary/aromatic N) is 1. The lowest BCUT2D eigenvalue weighted by molar-refractivity contribution is 0.163. The Balaban J connectivity index is 1.58. The number of ether oxygens (including phenoxy) is 3. The van der Waals surface area contributed by atoms with E-state index in [0.29, 0.717) is 34.2 Å². The number of hydrogen-bond acceptors (Lipinski definition) is 7. The number of benzene rings is 2. The van der Waals surface area contributed by atoms with Gasteiger partial charge in [0, 0.05) is 17.9 Å². The van der Waals surface area contributed by atoms with E-state index in [0.717, 1.165) is 5.56 Å². The van der Waals surface area contributed by atoms with Crippen LogP contribution < -0.4 is 20.3 Å². The van der Waals surface area contributed by atoms with E-state index in [-0.39, 0.29) is 17.9 Å². The van der Waals surface area contributed by atoms with Crippen LogP contribution in [0.1, 0.15) is 5.56 Å². The van der Waals surface area contributed by atoms with Crippen molar-refractivity contribution in [3.05, 3.63) is 69.8 Å². The lowest BCUT2D eigenvalue weighted by Gasteiger charge is -2.11. The fraction of sp³-hybridized carbons (Fsp3) is 0.182. The molecular formula is C22H20N2O5S2. The molecule has 1 N–H and O–H groups in total. The molecule has 160 valence electrons. The summed E-state index contributed by atoms with van der Waals surface area (Å²) in [6, 6.07) is 15.0. The Kier molecular flexibility index (Phi) is 6.24. The van der Waals surface area contributed by atoms with E-state index in [1.165, 1.54) is 32.4 Å². The van der Waals surface area contributed by atoms with E-state index in [2.05, 4.69) is 5.32 Å². The second-order valence-electron chi connectivity index (χ2n) is 6.56. The van der Waals surface area contributed by atoms with Crippen LogP contribution in [0.5, 0.6) is 11.5 Å². The number of carbonyl (C=O) groups is 1. The smallest absolute Gasteiger partial charge is 0.411 e. The Bertz CT molecular complexity index is 1210. The van der Waals surface area contributed by atoms with Crippen molar-refractivity contribution in [3.63, 3.8) is 0 Å². The minimum Gasteiger partial charge on any atom is -0.497 e. The second kappa shape index (κ2) is 9.23. The maximum Gasteiger partial charge on any atom is 0.411 e. The van der Waals surface area contributed by atoms with Crippen molar-refractivity contribution in [2.75, 3.05) is 26.1 Å². The van der Waals surface area contributed by atoms with E-state index < -0.39 is 6.09 Å². The van der Waals surface area contributed by atoms with Crippen LogP contribution >= 0.6 is 20.7 Å². The fourth-order valence-corrected chi connectivity index (χ4v) is 5.42. The summed E-state index contributed by atoms with van der Waals surface area (Å²) in [4.78, 5) is 26.3. The van der Waals surface area contributed by atoms with Crippen LogP contribution in [0.4, 0.5) is 10.5 Å². The lowest BCUT2D eigenvalue weighted by Crippen LogP contribution is -2.22. The topological polar surface area (TPSA) is 78.8 Å². The highest BCUT2D eigenvalue weighted by Gasteiger charge is 2.27. The number of rotatable bonds is 7. The molecule has 0 unspecified atom stereocenters. The minimum absolute atomic E-state index is 0.198. The van der Waals surface area contributed by atoms with Crippen molar-refractivity contribution in [1.82, 2.24) is 4.57 Å². The molecule has 0 aromatic heterocycles. The summed E-state index contributed by atoms with van der Waals surface area (Å²) in [5.41, 5.74) is 2.18. The number of hydrogen-bond donors (Lipinski definition) is 1. The first-order valence-corrected chi connectivity index (χ1v) is 11.7. The van der Waals surface area contributed by atoms with Gasteiger partial charge in [-0.25, -0.2) is 4.79 Å². The van der Waals surface area contributed by atoms with Crippen molar-refractivity contribution in [3.8, 4) is 27.8 Å². The molecule has 2 aliphatic heterocycles. The summed E-state index contributed by atoms with van der Waals surface area (Å²) in [5.74, 6) is 1.10. The van der Waals surface area contributed by atoms with E-state index in [4.69, 9.17) is 14.2 Å². The number of aromatic nitrogens is 1. The highest BCUT2D eigenvalue weighted by molar-refractivity contribution is 7.70. The van der Waals surface area contributed by atoms with E-state index in [1.54, 1.807) is 25.3 Å². The number of amides is 1. The first-order valence-electron chi connectivity index (χ1n) is 9.44. The number of carbonyl (C=O) groups excluding carboxylic acids is 1. The van der Waals surface area contributed by atoms with Gasteiger partial charge in [0.2, 0.25) is 0 Å². The van der Waals surface area contributed by atoms with E-state index in [1.807, 2.05) is 35.7 Å². The molecule has 9 heteroatoms. The first-order chi connectivity index (χ1) is 15.1. The normalized spacial score (nSPS) is 10.8. The zero-order valence-corrected chi connectivity index (χ0v) is 18.5. The van der Waals surface area contributed by atoms with Crippen LogP contribution in [0, 0.1) is 0 Å². The second-order valence-corrected chi connectivity index (χ2v) is 8.64. The average molecular weight is 457 g/mol. The molecule has 0 saturated carbocycles. The van der Waals surface area contributed by atoms with Crippen LogP contribution in [0.15, 0.2) is 58.7 Å². The summed E-state index contributed by atoms with van der Waals surface area (Å²) in [5, 5.41) is 4.50. The average Bonchev–Trinajstić information content (AvgIpc) is 3.36. The standard InChI is InChI=1S/C22H20N2O5S2/c1-27-15-8-9-16(18(12-15)28-2)24-17-13-30-31-20(17)19(21(24)25)23-22(26)29-11-10-14-6-4-3-5-7-14/h3-9,12-13H,10-11H2,1-2H3,(H,23,26). The minimum atomic E-state index is -0.660. The molecule has 1 amide bonds. The summed E-state index contributed by atoms with van der Waals surface area (Å²) in [6.07, 6.45) is -0.0638. The maximum atomic E-state index is 13.2. The molecule has 0 atom stereocenters. The van der Waals surface area contributed by atoms with Gasteiger partial charge in [-0.2, -0.15) is 0 Å². The molecule has 0 saturated heterocycles. The number of nitrogens with one attached hydrogen (secondary N) is 1. The van der Waals surface area contributed by atoms with Crippen LogP contribution in [0.25, 0.3) is 16.3 Å². The van der Waals surface area contributed by atoms with Gasteiger partial charge >= 0.3 is 6.09 Å². The first kappa shape index (κ1) is 21.0. The summed E-state index contributed by atoms with van der Waals surface area (Å²) in [7, 11) is 5.98. The van der Waals surface area contributed by atoms with Crippen molar-refractivity contribution >= 4 is 32.5 Å². The molecular weight excluding hydrogens is 436 g/mol. The summed E-state index contributed by atoms with van der Waals surface area (Å²) >= 11 is 0. The van der Waals surface area contributed by atoms with Crippen LogP contribution in [-0.2, 0) is 11.2 Å². The molecule has 2 aromatic rings. The third kappa shape index (κ3) is 4.28. The van der Waals surface area contributed by atoms with Crippen molar-refractivity contribution in [1.29, 1.82) is 0 Å². The predicted molar refractivity (Wildman–Crippen MR) is 123 cm³/mol. The molecule has 0 fully saturated rings. The van der Waals surface area contributed by atoms with Gasteiger partial charge in [-0.1, -0.05) is 51.0 Å². The van der Waals surface area contributed by atoms with Crippen molar-refractivity contribution < 1.29 is 19.0 Å². The monoisotopic (exact) mass is 456 g/mol. The van der Waals surface area contributed by atoms with Gasteiger partial charge in [0.15, 0.2) is 0 Å². The number of anilines is 1. The molecule has 2 aromatic carbocycles. The SMILES string of the molecule is COc1ccc(-n2c3cssc-3c(NC(=O)OCCc3ccccc3)c2=O)c(OC)c1. The van der Waals surface area contributed by atoms with Gasteiger partial charge < -0.3 is 14.2 Å². The predicted octanol–water partition coefficient (Wildman–Crippen LogP) is 4.87. The largest absolute Gasteiger partial charge is 0.497 e. The molecule has 2 heterocycles. The Labute approximate surface area is 186 Å². The quantitative estimate of drug-likeness (QED) is 0.401. The van der Waals surface area contributed by atoms with E-state index in [9.17, 15) is 9.59 Å². The fourth-order valence-electron chi connectivity index (χ4n) is 3.22. The third-order valence-electron chi connectivity index (χ3n) is 4.73. The van der Waals surface area contributed by atoms with Gasteiger partial charge in [0.05, 0.1) is 37.1 Å². The zero-order chi connectivity index (χ0) is 21.8. The molecule has 0 radical (unpaired) electrons. The van der Waals surface area contributed by atoms with Gasteiger partial charge in [0.1, 0.15) is 17.2 Å². The molecule has 2 aliphatic rings. The number of fused-ring (bicyclic) bond motifs is 1. The van der Waals surface area contributed by atoms with E-state index >= 15 is 0 Å². The van der Waals surface area contributed by atoms with Crippen molar-refractivity contribution in [2.24, 2.45) is 0 Å². The van der Waals surface area contributed by atoms with Gasteiger partial charge in [-0.05, 0) is 17.7 Å². The Hall–Kier alpha value is -3.30. The third-order valence-corrected chi connectivity index (χ3v) is 6.80. The Morgan fingerprint density at radius 1 is 1.10 bits per heavy atom. The zero-order valence-electron chi connectivity index (χ0n) is 16.9. The van der Waals surface area contributed by atoms with Crippen LogP contribution in [0.3, 0.4) is 0 Å². The Morgan fingerprint density at radius 2 is 1.90 bits per heavy atom. The van der Waals surface area contributed by atoms with Gasteiger partial charge in [-0.3, -0.25) is 14.7 Å². The molecule has 7 nitrogen and oxygen atoms in total. The Morgan fingerprint density at radius 3 is 2.65 bits per heavy atom. The number of methoxy groups -OCH3 is 2. The summed E-state index contributed by atoms with van der Waals surface area (Å²) in [6.45, 7) is 0.216. The van der Waals surface area contributed by atoms with Crippen molar-refractivity contribution in [2.45, 2.75) is 6.42 Å². The highest BCUT2D eigenvalue weighted by Crippen LogP contribution is 2.40.